The molecule has 1 aromatic heterocycles. The Kier molecular flexibility index (Phi) is 5.47. The summed E-state index contributed by atoms with van der Waals surface area (Å²) < 4.78 is 18.0. The normalized spacial score (nSPS) is 14.4. The van der Waals surface area contributed by atoms with Gasteiger partial charge in [-0.2, -0.15) is 0 Å². The van der Waals surface area contributed by atoms with Gasteiger partial charge in [0.1, 0.15) is 11.5 Å². The molecule has 0 saturated heterocycles. The van der Waals surface area contributed by atoms with E-state index >= 15 is 0 Å². The molecule has 0 aliphatic heterocycles. The van der Waals surface area contributed by atoms with Crippen LogP contribution in [0.4, 0.5) is 0 Å². The first-order chi connectivity index (χ1) is 9.88. The van der Waals surface area contributed by atoms with E-state index in [1.165, 1.54) is 0 Å². The maximum absolute atomic E-state index is 12.4. The quantitative estimate of drug-likeness (QED) is 0.755. The average Bonchev–Trinajstić information content (AvgIpc) is 2.89. The zero-order chi connectivity index (χ0) is 15.6. The third kappa shape index (κ3) is 4.09. The number of nitrogens with zero attached hydrogens (tertiary/aromatic N) is 1. The summed E-state index contributed by atoms with van der Waals surface area (Å²) in [5.41, 5.74) is 0.887. The molecule has 0 aliphatic carbocycles. The van der Waals surface area contributed by atoms with E-state index in [0.29, 0.717) is 15.9 Å². The first-order valence-corrected chi connectivity index (χ1v) is 8.79. The second-order valence-electron chi connectivity index (χ2n) is 5.15. The molecule has 6 heteroatoms. The maximum atomic E-state index is 12.4. The summed E-state index contributed by atoms with van der Waals surface area (Å²) >= 11 is 11.9. The van der Waals surface area contributed by atoms with Crippen molar-refractivity contribution in [3.05, 3.63) is 51.7 Å². The molecule has 1 aromatic carbocycles. The third-order valence-corrected chi connectivity index (χ3v) is 5.54. The standard InChI is InChI=1S/C15H17Cl2NO2S/c1-9(2)14-7-18-15(20-14)8-21(19)10(3)11-4-5-12(16)13(17)6-11/h4-7,9-10H,8H2,1-3H3/t10-,21+/m0/s1. The fourth-order valence-electron chi connectivity index (χ4n) is 1.82. The van der Waals surface area contributed by atoms with Gasteiger partial charge in [0, 0.05) is 16.7 Å². The van der Waals surface area contributed by atoms with Gasteiger partial charge >= 0.3 is 0 Å². The first kappa shape index (κ1) is 16.5. The van der Waals surface area contributed by atoms with E-state index in [-0.39, 0.29) is 16.9 Å². The molecular weight excluding hydrogens is 329 g/mol. The molecule has 2 atom stereocenters. The van der Waals surface area contributed by atoms with E-state index in [2.05, 4.69) is 4.98 Å². The monoisotopic (exact) mass is 345 g/mol. The smallest absolute Gasteiger partial charge is 0.207 e. The van der Waals surface area contributed by atoms with Gasteiger partial charge in [-0.25, -0.2) is 4.98 Å². The van der Waals surface area contributed by atoms with Gasteiger partial charge in [-0.1, -0.05) is 43.1 Å². The highest BCUT2D eigenvalue weighted by Gasteiger charge is 2.18. The van der Waals surface area contributed by atoms with Gasteiger partial charge < -0.3 is 4.42 Å². The first-order valence-electron chi connectivity index (χ1n) is 6.65. The number of halogens is 2. The van der Waals surface area contributed by atoms with Crippen molar-refractivity contribution in [2.45, 2.75) is 37.7 Å². The predicted octanol–water partition coefficient (Wildman–Crippen LogP) is 5.11. The SMILES string of the molecule is CC(C)c1cnc(C[S@@](=O)[C@@H](C)c2ccc(Cl)c(Cl)c2)o1. The zero-order valence-electron chi connectivity index (χ0n) is 12.1. The van der Waals surface area contributed by atoms with Crippen LogP contribution >= 0.6 is 23.2 Å². The Morgan fingerprint density at radius 1 is 1.24 bits per heavy atom. The van der Waals surface area contributed by atoms with Crippen LogP contribution in [0.5, 0.6) is 0 Å². The van der Waals surface area contributed by atoms with Crippen LogP contribution in [0.25, 0.3) is 0 Å². The van der Waals surface area contributed by atoms with Gasteiger partial charge in [0.2, 0.25) is 5.89 Å². The molecule has 0 fully saturated rings. The molecular formula is C15H17Cl2NO2S. The lowest BCUT2D eigenvalue weighted by Gasteiger charge is -2.11. The van der Waals surface area contributed by atoms with E-state index in [9.17, 15) is 4.21 Å². The summed E-state index contributed by atoms with van der Waals surface area (Å²) in [4.78, 5) is 4.18. The van der Waals surface area contributed by atoms with Crippen LogP contribution in [0, 0.1) is 0 Å². The molecule has 0 spiro atoms. The lowest BCUT2D eigenvalue weighted by Crippen LogP contribution is -2.05. The highest BCUT2D eigenvalue weighted by atomic mass is 35.5. The Hall–Kier alpha value is -0.840. The molecule has 0 unspecified atom stereocenters. The third-order valence-electron chi connectivity index (χ3n) is 3.21. The van der Waals surface area contributed by atoms with E-state index < -0.39 is 10.8 Å². The van der Waals surface area contributed by atoms with Crippen molar-refractivity contribution in [1.82, 2.24) is 4.98 Å². The Bertz CT molecular complexity index is 655. The minimum absolute atomic E-state index is 0.172. The fourth-order valence-corrected chi connectivity index (χ4v) is 3.21. The van der Waals surface area contributed by atoms with E-state index in [4.69, 9.17) is 27.6 Å². The van der Waals surface area contributed by atoms with Crippen molar-refractivity contribution in [3.63, 3.8) is 0 Å². The average molecular weight is 346 g/mol. The van der Waals surface area contributed by atoms with Crippen molar-refractivity contribution in [2.75, 3.05) is 0 Å². The predicted molar refractivity (Wildman–Crippen MR) is 87.3 cm³/mol. The molecule has 3 nitrogen and oxygen atoms in total. The minimum atomic E-state index is -1.14. The number of rotatable bonds is 5. The van der Waals surface area contributed by atoms with Gasteiger partial charge in [-0.15, -0.1) is 0 Å². The number of benzene rings is 1. The van der Waals surface area contributed by atoms with Crippen LogP contribution in [-0.2, 0) is 16.6 Å². The topological polar surface area (TPSA) is 43.1 Å². The van der Waals surface area contributed by atoms with Gasteiger partial charge in [-0.05, 0) is 24.6 Å². The largest absolute Gasteiger partial charge is 0.444 e. The number of hydrogen-bond donors (Lipinski definition) is 0. The molecule has 0 amide bonds. The lowest BCUT2D eigenvalue weighted by atomic mass is 10.2. The summed E-state index contributed by atoms with van der Waals surface area (Å²) in [6.07, 6.45) is 1.70. The summed E-state index contributed by atoms with van der Waals surface area (Å²) in [6.45, 7) is 5.95. The van der Waals surface area contributed by atoms with Gasteiger partial charge in [0.15, 0.2) is 0 Å². The Morgan fingerprint density at radius 2 is 1.95 bits per heavy atom. The van der Waals surface area contributed by atoms with Crippen LogP contribution in [0.2, 0.25) is 10.0 Å². The highest BCUT2D eigenvalue weighted by molar-refractivity contribution is 7.84. The van der Waals surface area contributed by atoms with E-state index in [1.54, 1.807) is 18.3 Å². The van der Waals surface area contributed by atoms with Crippen LogP contribution in [-0.4, -0.2) is 9.19 Å². The van der Waals surface area contributed by atoms with Gasteiger partial charge in [-0.3, -0.25) is 4.21 Å². The molecule has 2 aromatic rings. The molecule has 1 heterocycles. The van der Waals surface area contributed by atoms with Gasteiger partial charge in [0.05, 0.1) is 21.5 Å². The summed E-state index contributed by atoms with van der Waals surface area (Å²) in [7, 11) is -1.14. The molecule has 21 heavy (non-hydrogen) atoms. The van der Waals surface area contributed by atoms with Crippen LogP contribution in [0.1, 0.15) is 49.2 Å². The van der Waals surface area contributed by atoms with Crippen molar-refractivity contribution in [1.29, 1.82) is 0 Å². The fraction of sp³-hybridized carbons (Fsp3) is 0.400. The van der Waals surface area contributed by atoms with Crippen molar-refractivity contribution in [2.24, 2.45) is 0 Å². The van der Waals surface area contributed by atoms with Crippen LogP contribution in [0.3, 0.4) is 0 Å². The molecule has 0 saturated carbocycles. The van der Waals surface area contributed by atoms with E-state index in [0.717, 1.165) is 11.3 Å². The molecule has 0 bridgehead atoms. The summed E-state index contributed by atoms with van der Waals surface area (Å²) in [6, 6.07) is 5.31. The number of aromatic nitrogens is 1. The Morgan fingerprint density at radius 3 is 2.52 bits per heavy atom. The molecule has 0 radical (unpaired) electrons. The van der Waals surface area contributed by atoms with Crippen molar-refractivity contribution < 1.29 is 8.63 Å². The second-order valence-corrected chi connectivity index (χ2v) is 7.72. The minimum Gasteiger partial charge on any atom is -0.444 e. The highest BCUT2D eigenvalue weighted by Crippen LogP contribution is 2.29. The Balaban J connectivity index is 2.09. The maximum Gasteiger partial charge on any atom is 0.207 e. The van der Waals surface area contributed by atoms with Crippen molar-refractivity contribution >= 4 is 34.0 Å². The van der Waals surface area contributed by atoms with Crippen LogP contribution < -0.4 is 0 Å². The Labute approximate surface area is 137 Å². The number of oxazole rings is 1. The molecule has 2 rings (SSSR count). The molecule has 0 N–H and O–H groups in total. The molecule has 0 aliphatic rings. The second kappa shape index (κ2) is 6.95. The zero-order valence-corrected chi connectivity index (χ0v) is 14.4. The van der Waals surface area contributed by atoms with E-state index in [1.807, 2.05) is 26.8 Å². The lowest BCUT2D eigenvalue weighted by molar-refractivity contribution is 0.452. The summed E-state index contributed by atoms with van der Waals surface area (Å²) in [5, 5.41) is 0.790. The number of hydrogen-bond acceptors (Lipinski definition) is 3. The van der Waals surface area contributed by atoms with Crippen LogP contribution in [0.15, 0.2) is 28.8 Å². The van der Waals surface area contributed by atoms with Crippen molar-refractivity contribution in [3.8, 4) is 0 Å². The molecule has 114 valence electrons. The van der Waals surface area contributed by atoms with Gasteiger partial charge in [0.25, 0.3) is 0 Å². The summed E-state index contributed by atoms with van der Waals surface area (Å²) in [5.74, 6) is 1.87.